The first-order valence-corrected chi connectivity index (χ1v) is 12.5. The fourth-order valence-corrected chi connectivity index (χ4v) is 4.88. The fraction of sp³-hybridized carbons (Fsp3) is 0.440. The SMILES string of the molecule is CCCCNC(=O)C(O)[C@H](Cc1ccccc1)NC(=O)C1Cc2cc3c(cc2SN1)OCCO3. The molecule has 0 aliphatic carbocycles. The van der Waals surface area contributed by atoms with Gasteiger partial charge in [0.05, 0.1) is 6.04 Å². The van der Waals surface area contributed by atoms with Gasteiger partial charge in [0.25, 0.3) is 5.91 Å². The van der Waals surface area contributed by atoms with Crippen molar-refractivity contribution in [3.8, 4) is 11.5 Å². The Bertz CT molecular complexity index is 1000. The number of hydrogen-bond acceptors (Lipinski definition) is 7. The molecule has 2 aliphatic heterocycles. The van der Waals surface area contributed by atoms with E-state index < -0.39 is 24.1 Å². The average molecular weight is 486 g/mol. The van der Waals surface area contributed by atoms with Gasteiger partial charge in [-0.05, 0) is 54.5 Å². The smallest absolute Gasteiger partial charge is 0.251 e. The molecule has 0 bridgehead atoms. The molecule has 0 saturated carbocycles. The summed E-state index contributed by atoms with van der Waals surface area (Å²) in [6.07, 6.45) is 1.20. The van der Waals surface area contributed by atoms with Crippen molar-refractivity contribution in [1.29, 1.82) is 0 Å². The van der Waals surface area contributed by atoms with E-state index in [-0.39, 0.29) is 5.91 Å². The van der Waals surface area contributed by atoms with Crippen LogP contribution in [0.15, 0.2) is 47.4 Å². The van der Waals surface area contributed by atoms with Gasteiger partial charge < -0.3 is 25.2 Å². The second-order valence-corrected chi connectivity index (χ2v) is 9.35. The lowest BCUT2D eigenvalue weighted by Crippen LogP contribution is -2.55. The first-order chi connectivity index (χ1) is 16.5. The summed E-state index contributed by atoms with van der Waals surface area (Å²) in [6.45, 7) is 3.54. The third-order valence-corrected chi connectivity index (χ3v) is 6.88. The van der Waals surface area contributed by atoms with Gasteiger partial charge in [0.2, 0.25) is 5.91 Å². The average Bonchev–Trinajstić information content (AvgIpc) is 2.87. The summed E-state index contributed by atoms with van der Waals surface area (Å²) in [5.74, 6) is 0.652. The number of unbranched alkanes of at least 4 members (excludes halogenated alkanes) is 1. The molecule has 0 spiro atoms. The molecular weight excluding hydrogens is 454 g/mol. The van der Waals surface area contributed by atoms with Crippen LogP contribution in [-0.4, -0.2) is 54.9 Å². The molecule has 0 saturated heterocycles. The molecule has 0 aromatic heterocycles. The Kier molecular flexibility index (Phi) is 8.31. The van der Waals surface area contributed by atoms with Crippen LogP contribution in [0.2, 0.25) is 0 Å². The Morgan fingerprint density at radius 2 is 1.91 bits per heavy atom. The van der Waals surface area contributed by atoms with Crippen molar-refractivity contribution in [2.45, 2.75) is 55.7 Å². The van der Waals surface area contributed by atoms with Crippen LogP contribution in [0.25, 0.3) is 0 Å². The van der Waals surface area contributed by atoms with Crippen molar-refractivity contribution in [2.75, 3.05) is 19.8 Å². The molecule has 2 unspecified atom stereocenters. The standard InChI is InChI=1S/C25H31N3O5S/c1-2-3-9-26-25(31)23(29)18(12-16-7-5-4-6-8-16)27-24(30)19-13-17-14-20-21(33-11-10-32-20)15-22(17)34-28-19/h4-8,14-15,18-19,23,28-29H,2-3,9-13H2,1H3,(H,26,31)(H,27,30)/t18-,19?,23?/m0/s1. The highest BCUT2D eigenvalue weighted by Gasteiger charge is 2.32. The highest BCUT2D eigenvalue weighted by molar-refractivity contribution is 7.97. The number of fused-ring (bicyclic) bond motifs is 2. The van der Waals surface area contributed by atoms with E-state index in [2.05, 4.69) is 15.4 Å². The molecule has 0 radical (unpaired) electrons. The number of rotatable bonds is 9. The molecule has 2 amide bonds. The van der Waals surface area contributed by atoms with Crippen molar-refractivity contribution in [1.82, 2.24) is 15.4 Å². The summed E-state index contributed by atoms with van der Waals surface area (Å²) in [6, 6.07) is 12.1. The van der Waals surface area contributed by atoms with E-state index in [1.165, 1.54) is 11.9 Å². The van der Waals surface area contributed by atoms with Gasteiger partial charge >= 0.3 is 0 Å². The Morgan fingerprint density at radius 3 is 2.65 bits per heavy atom. The van der Waals surface area contributed by atoms with Gasteiger partial charge in [-0.1, -0.05) is 43.7 Å². The third-order valence-electron chi connectivity index (χ3n) is 5.88. The Hall–Kier alpha value is -2.75. The van der Waals surface area contributed by atoms with Crippen molar-refractivity contribution >= 4 is 23.8 Å². The predicted molar refractivity (Wildman–Crippen MR) is 130 cm³/mol. The van der Waals surface area contributed by atoms with E-state index in [0.29, 0.717) is 44.1 Å². The van der Waals surface area contributed by atoms with E-state index >= 15 is 0 Å². The van der Waals surface area contributed by atoms with Crippen LogP contribution < -0.4 is 24.8 Å². The first-order valence-electron chi connectivity index (χ1n) is 11.7. The topological polar surface area (TPSA) is 109 Å². The van der Waals surface area contributed by atoms with Gasteiger partial charge in [-0.3, -0.25) is 9.59 Å². The molecule has 182 valence electrons. The summed E-state index contributed by atoms with van der Waals surface area (Å²) < 4.78 is 14.5. The van der Waals surface area contributed by atoms with Crippen molar-refractivity contribution < 1.29 is 24.2 Å². The van der Waals surface area contributed by atoms with Crippen molar-refractivity contribution in [2.24, 2.45) is 0 Å². The number of benzene rings is 2. The Balaban J connectivity index is 1.45. The lowest BCUT2D eigenvalue weighted by Gasteiger charge is -2.30. The van der Waals surface area contributed by atoms with Gasteiger partial charge in [-0.25, -0.2) is 4.72 Å². The summed E-state index contributed by atoms with van der Waals surface area (Å²) in [5, 5.41) is 16.5. The minimum atomic E-state index is -1.36. The van der Waals surface area contributed by atoms with Gasteiger partial charge in [0, 0.05) is 11.4 Å². The number of aliphatic hydroxyl groups is 1. The van der Waals surface area contributed by atoms with E-state index in [9.17, 15) is 14.7 Å². The fourth-order valence-electron chi connectivity index (χ4n) is 3.98. The summed E-state index contributed by atoms with van der Waals surface area (Å²) in [4.78, 5) is 26.7. The number of ether oxygens (including phenoxy) is 2. The molecule has 0 fully saturated rings. The molecule has 2 heterocycles. The maximum atomic E-state index is 13.2. The summed E-state index contributed by atoms with van der Waals surface area (Å²) in [7, 11) is 0. The zero-order chi connectivity index (χ0) is 23.9. The second kappa shape index (κ2) is 11.6. The number of carbonyl (C=O) groups excluding carboxylic acids is 2. The molecule has 2 aromatic carbocycles. The lowest BCUT2D eigenvalue weighted by atomic mass is 9.99. The van der Waals surface area contributed by atoms with Crippen LogP contribution in [-0.2, 0) is 22.4 Å². The molecule has 2 aliphatic rings. The second-order valence-electron chi connectivity index (χ2n) is 8.47. The number of amides is 2. The summed E-state index contributed by atoms with van der Waals surface area (Å²) >= 11 is 1.37. The number of nitrogens with one attached hydrogen (secondary N) is 3. The third kappa shape index (κ3) is 6.02. The van der Waals surface area contributed by atoms with E-state index in [0.717, 1.165) is 28.9 Å². The molecule has 4 rings (SSSR count). The Morgan fingerprint density at radius 1 is 1.18 bits per heavy atom. The first kappa shape index (κ1) is 24.4. The van der Waals surface area contributed by atoms with Crippen molar-refractivity contribution in [3.63, 3.8) is 0 Å². The maximum absolute atomic E-state index is 13.2. The van der Waals surface area contributed by atoms with Crippen LogP contribution in [0.4, 0.5) is 0 Å². The molecule has 9 heteroatoms. The van der Waals surface area contributed by atoms with E-state index in [4.69, 9.17) is 9.47 Å². The zero-order valence-electron chi connectivity index (χ0n) is 19.2. The van der Waals surface area contributed by atoms with Gasteiger partial charge in [0.1, 0.15) is 19.3 Å². The van der Waals surface area contributed by atoms with Crippen LogP contribution in [0.3, 0.4) is 0 Å². The predicted octanol–water partition coefficient (Wildman–Crippen LogP) is 1.98. The number of hydrogen-bond donors (Lipinski definition) is 4. The molecule has 3 atom stereocenters. The largest absolute Gasteiger partial charge is 0.486 e. The van der Waals surface area contributed by atoms with Gasteiger partial charge in [0.15, 0.2) is 17.6 Å². The molecule has 4 N–H and O–H groups in total. The minimum Gasteiger partial charge on any atom is -0.486 e. The number of carbonyl (C=O) groups is 2. The van der Waals surface area contributed by atoms with E-state index in [1.54, 1.807) is 0 Å². The Labute approximate surface area is 203 Å². The molecule has 8 nitrogen and oxygen atoms in total. The highest BCUT2D eigenvalue weighted by atomic mass is 32.2. The van der Waals surface area contributed by atoms with Crippen LogP contribution in [0.1, 0.15) is 30.9 Å². The normalized spacial score (nSPS) is 18.4. The molecule has 2 aromatic rings. The molecule has 34 heavy (non-hydrogen) atoms. The monoisotopic (exact) mass is 485 g/mol. The quantitative estimate of drug-likeness (QED) is 0.318. The van der Waals surface area contributed by atoms with Crippen LogP contribution in [0, 0.1) is 0 Å². The van der Waals surface area contributed by atoms with Gasteiger partial charge in [-0.15, -0.1) is 0 Å². The van der Waals surface area contributed by atoms with Crippen molar-refractivity contribution in [3.05, 3.63) is 53.6 Å². The van der Waals surface area contributed by atoms with Crippen LogP contribution >= 0.6 is 11.9 Å². The highest BCUT2D eigenvalue weighted by Crippen LogP contribution is 2.39. The minimum absolute atomic E-state index is 0.269. The van der Waals surface area contributed by atoms with Crippen LogP contribution in [0.5, 0.6) is 11.5 Å². The zero-order valence-corrected chi connectivity index (χ0v) is 20.0. The summed E-state index contributed by atoms with van der Waals surface area (Å²) in [5.41, 5.74) is 1.92. The number of aliphatic hydroxyl groups excluding tert-OH is 1. The molecular formula is C25H31N3O5S. The lowest BCUT2D eigenvalue weighted by molar-refractivity contribution is -0.132. The van der Waals surface area contributed by atoms with Gasteiger partial charge in [-0.2, -0.15) is 0 Å². The van der Waals surface area contributed by atoms with E-state index in [1.807, 2.05) is 49.4 Å². The maximum Gasteiger partial charge on any atom is 0.251 e.